The minimum Gasteiger partial charge on any atom is -0.479 e. The molecule has 0 saturated heterocycles. The van der Waals surface area contributed by atoms with Crippen LogP contribution in [0, 0.1) is 6.92 Å². The van der Waals surface area contributed by atoms with Gasteiger partial charge in [0.2, 0.25) is 11.2 Å². The molecular formula is C20H17ClO5. The smallest absolute Gasteiger partial charge is 0.344 e. The van der Waals surface area contributed by atoms with Crippen LogP contribution in [0.4, 0.5) is 0 Å². The van der Waals surface area contributed by atoms with E-state index in [1.165, 1.54) is 0 Å². The van der Waals surface area contributed by atoms with Crippen LogP contribution in [0.1, 0.15) is 18.9 Å². The van der Waals surface area contributed by atoms with Crippen LogP contribution < -0.4 is 10.2 Å². The van der Waals surface area contributed by atoms with E-state index in [9.17, 15) is 14.7 Å². The van der Waals surface area contributed by atoms with Crippen molar-refractivity contribution in [1.29, 1.82) is 0 Å². The number of halogens is 1. The molecule has 0 saturated carbocycles. The number of aryl methyl sites for hydroxylation is 1. The standard InChI is InChI=1S/C20H17ClO5/c1-3-15(20(23)24)25-19-17(22)14-9-4-11(2)10-16(14)26-18(19)12-5-7-13(21)8-6-12/h4-10,15H,3H2,1-2H3,(H,23,24). The molecule has 0 aliphatic rings. The molecular weight excluding hydrogens is 356 g/mol. The van der Waals surface area contributed by atoms with Gasteiger partial charge in [-0.1, -0.05) is 24.6 Å². The summed E-state index contributed by atoms with van der Waals surface area (Å²) in [7, 11) is 0. The molecule has 1 heterocycles. The van der Waals surface area contributed by atoms with Crippen LogP contribution >= 0.6 is 11.6 Å². The third-order valence-electron chi connectivity index (χ3n) is 4.02. The Hall–Kier alpha value is -2.79. The molecule has 0 aliphatic heterocycles. The van der Waals surface area contributed by atoms with Crippen molar-refractivity contribution in [1.82, 2.24) is 0 Å². The van der Waals surface area contributed by atoms with E-state index in [1.807, 2.05) is 6.92 Å². The number of rotatable bonds is 5. The van der Waals surface area contributed by atoms with Gasteiger partial charge in [0.15, 0.2) is 11.9 Å². The highest BCUT2D eigenvalue weighted by Crippen LogP contribution is 2.32. The second-order valence-corrected chi connectivity index (χ2v) is 6.39. The molecule has 0 spiro atoms. The highest BCUT2D eigenvalue weighted by atomic mass is 35.5. The van der Waals surface area contributed by atoms with Gasteiger partial charge in [0.1, 0.15) is 5.58 Å². The zero-order chi connectivity index (χ0) is 18.8. The number of aliphatic carboxylic acids is 1. The van der Waals surface area contributed by atoms with Crippen LogP contribution in [0.25, 0.3) is 22.3 Å². The van der Waals surface area contributed by atoms with E-state index < -0.39 is 17.5 Å². The Bertz CT molecular complexity index is 1020. The summed E-state index contributed by atoms with van der Waals surface area (Å²) < 4.78 is 11.5. The fourth-order valence-electron chi connectivity index (χ4n) is 2.63. The fraction of sp³-hybridized carbons (Fsp3) is 0.200. The predicted molar refractivity (Wildman–Crippen MR) is 100 cm³/mol. The Morgan fingerprint density at radius 2 is 1.92 bits per heavy atom. The number of carboxylic acids is 1. The van der Waals surface area contributed by atoms with Gasteiger partial charge in [-0.25, -0.2) is 4.79 Å². The molecule has 3 aromatic rings. The first kappa shape index (κ1) is 18.0. The lowest BCUT2D eigenvalue weighted by molar-refractivity contribution is -0.145. The minimum atomic E-state index is -1.15. The maximum Gasteiger partial charge on any atom is 0.344 e. The van der Waals surface area contributed by atoms with E-state index >= 15 is 0 Å². The number of hydrogen-bond donors (Lipinski definition) is 1. The summed E-state index contributed by atoms with van der Waals surface area (Å²) in [6, 6.07) is 11.9. The maximum absolute atomic E-state index is 13.0. The van der Waals surface area contributed by atoms with Crippen molar-refractivity contribution in [3.63, 3.8) is 0 Å². The van der Waals surface area contributed by atoms with Crippen molar-refractivity contribution in [3.8, 4) is 17.1 Å². The molecule has 1 unspecified atom stereocenters. The van der Waals surface area contributed by atoms with Crippen molar-refractivity contribution in [2.45, 2.75) is 26.4 Å². The van der Waals surface area contributed by atoms with E-state index in [4.69, 9.17) is 20.8 Å². The summed E-state index contributed by atoms with van der Waals surface area (Å²) >= 11 is 5.93. The number of benzene rings is 2. The van der Waals surface area contributed by atoms with Gasteiger partial charge in [-0.2, -0.15) is 0 Å². The molecule has 1 N–H and O–H groups in total. The van der Waals surface area contributed by atoms with Crippen molar-refractivity contribution in [2.24, 2.45) is 0 Å². The molecule has 6 heteroatoms. The molecule has 134 valence electrons. The van der Waals surface area contributed by atoms with Crippen LogP contribution in [-0.2, 0) is 4.79 Å². The van der Waals surface area contributed by atoms with E-state index in [1.54, 1.807) is 49.4 Å². The zero-order valence-corrected chi connectivity index (χ0v) is 15.0. The lowest BCUT2D eigenvalue weighted by Crippen LogP contribution is -2.28. The van der Waals surface area contributed by atoms with E-state index in [2.05, 4.69) is 0 Å². The summed E-state index contributed by atoms with van der Waals surface area (Å²) in [5, 5.41) is 10.2. The van der Waals surface area contributed by atoms with E-state index in [0.717, 1.165) is 5.56 Å². The molecule has 26 heavy (non-hydrogen) atoms. The number of fused-ring (bicyclic) bond motifs is 1. The lowest BCUT2D eigenvalue weighted by atomic mass is 10.1. The Morgan fingerprint density at radius 1 is 1.23 bits per heavy atom. The molecule has 0 aliphatic carbocycles. The summed E-state index contributed by atoms with van der Waals surface area (Å²) in [6.45, 7) is 3.57. The van der Waals surface area contributed by atoms with Gasteiger partial charge in [-0.15, -0.1) is 0 Å². The first-order chi connectivity index (χ1) is 12.4. The summed E-state index contributed by atoms with van der Waals surface area (Å²) in [4.78, 5) is 24.3. The largest absolute Gasteiger partial charge is 0.479 e. The molecule has 5 nitrogen and oxygen atoms in total. The summed E-state index contributed by atoms with van der Waals surface area (Å²) in [5.74, 6) is -1.07. The molecule has 0 amide bonds. The Kier molecular flexibility index (Phi) is 5.00. The van der Waals surface area contributed by atoms with Gasteiger partial charge in [0.25, 0.3) is 0 Å². The van der Waals surface area contributed by atoms with Crippen LogP contribution in [0.3, 0.4) is 0 Å². The number of ether oxygens (including phenoxy) is 1. The summed E-state index contributed by atoms with van der Waals surface area (Å²) in [5.41, 5.74) is 1.52. The molecule has 0 radical (unpaired) electrons. The van der Waals surface area contributed by atoms with Gasteiger partial charge < -0.3 is 14.3 Å². The van der Waals surface area contributed by atoms with Crippen LogP contribution in [0.5, 0.6) is 5.75 Å². The molecule has 0 bridgehead atoms. The van der Waals surface area contributed by atoms with E-state index in [0.29, 0.717) is 21.6 Å². The quantitative estimate of drug-likeness (QED) is 0.704. The second kappa shape index (κ2) is 7.22. The molecule has 3 rings (SSSR count). The van der Waals surface area contributed by atoms with E-state index in [-0.39, 0.29) is 17.9 Å². The van der Waals surface area contributed by atoms with Crippen molar-refractivity contribution in [2.75, 3.05) is 0 Å². The van der Waals surface area contributed by atoms with Crippen molar-refractivity contribution >= 4 is 28.5 Å². The van der Waals surface area contributed by atoms with Crippen LogP contribution in [-0.4, -0.2) is 17.2 Å². The highest BCUT2D eigenvalue weighted by Gasteiger charge is 2.24. The first-order valence-electron chi connectivity index (χ1n) is 8.13. The average Bonchev–Trinajstić information content (AvgIpc) is 2.61. The monoisotopic (exact) mass is 372 g/mol. The van der Waals surface area contributed by atoms with Gasteiger partial charge in [-0.3, -0.25) is 4.79 Å². The van der Waals surface area contributed by atoms with Gasteiger partial charge in [0.05, 0.1) is 5.39 Å². The number of hydrogen-bond acceptors (Lipinski definition) is 4. The number of carbonyl (C=O) groups is 1. The van der Waals surface area contributed by atoms with Gasteiger partial charge in [-0.05, 0) is 55.3 Å². The third-order valence-corrected chi connectivity index (χ3v) is 4.27. The normalized spacial score (nSPS) is 12.1. The highest BCUT2D eigenvalue weighted by molar-refractivity contribution is 6.30. The minimum absolute atomic E-state index is 0.113. The topological polar surface area (TPSA) is 76.7 Å². The SMILES string of the molecule is CCC(Oc1c(-c2ccc(Cl)cc2)oc2cc(C)ccc2c1=O)C(=O)O. The molecule has 1 atom stereocenters. The first-order valence-corrected chi connectivity index (χ1v) is 8.51. The average molecular weight is 373 g/mol. The summed E-state index contributed by atoms with van der Waals surface area (Å²) in [6.07, 6.45) is -0.937. The zero-order valence-electron chi connectivity index (χ0n) is 14.3. The lowest BCUT2D eigenvalue weighted by Gasteiger charge is -2.16. The van der Waals surface area contributed by atoms with Gasteiger partial charge >= 0.3 is 5.97 Å². The Morgan fingerprint density at radius 3 is 2.54 bits per heavy atom. The van der Waals surface area contributed by atoms with Crippen LogP contribution in [0.15, 0.2) is 51.7 Å². The van der Waals surface area contributed by atoms with Crippen LogP contribution in [0.2, 0.25) is 5.02 Å². The third kappa shape index (κ3) is 3.44. The molecule has 1 aromatic heterocycles. The predicted octanol–water partition coefficient (Wildman–Crippen LogP) is 4.66. The van der Waals surface area contributed by atoms with Crippen molar-refractivity contribution in [3.05, 3.63) is 63.3 Å². The van der Waals surface area contributed by atoms with Gasteiger partial charge in [0, 0.05) is 10.6 Å². The fourth-order valence-corrected chi connectivity index (χ4v) is 2.76. The van der Waals surface area contributed by atoms with Crippen molar-refractivity contribution < 1.29 is 19.1 Å². The Labute approximate surface area is 154 Å². The molecule has 0 fully saturated rings. The Balaban J connectivity index is 2.28. The number of carboxylic acid groups (broad SMARTS) is 1. The maximum atomic E-state index is 13.0. The molecule has 2 aromatic carbocycles. The second-order valence-electron chi connectivity index (χ2n) is 5.95.